The Morgan fingerprint density at radius 2 is 1.52 bits per heavy atom. The van der Waals surface area contributed by atoms with Crippen LogP contribution in [-0.4, -0.2) is 14.5 Å². The van der Waals surface area contributed by atoms with Crippen molar-refractivity contribution in [1.29, 1.82) is 0 Å². The van der Waals surface area contributed by atoms with Crippen LogP contribution in [0.1, 0.15) is 36.6 Å². The fourth-order valence-electron chi connectivity index (χ4n) is 5.67. The van der Waals surface area contributed by atoms with Gasteiger partial charge in [0.15, 0.2) is 0 Å². The maximum Gasteiger partial charge on any atom is 0.145 e. The Morgan fingerprint density at radius 1 is 0.727 bits per heavy atom. The molecule has 0 aliphatic carbocycles. The molecule has 6 rings (SSSR count). The molecule has 0 radical (unpaired) electrons. The summed E-state index contributed by atoms with van der Waals surface area (Å²) in [7, 11) is 0. The highest BCUT2D eigenvalue weighted by Gasteiger charge is 2.21. The maximum atomic E-state index is 4.88. The van der Waals surface area contributed by atoms with Crippen molar-refractivity contribution in [3.8, 4) is 11.3 Å². The summed E-state index contributed by atoms with van der Waals surface area (Å²) in [5.41, 5.74) is 8.25. The van der Waals surface area contributed by atoms with E-state index in [-0.39, 0.29) is 6.04 Å². The molecule has 0 atom stereocenters. The zero-order valence-electron chi connectivity index (χ0n) is 19.8. The van der Waals surface area contributed by atoms with Gasteiger partial charge < -0.3 is 4.57 Å². The van der Waals surface area contributed by atoms with Crippen LogP contribution < -0.4 is 0 Å². The summed E-state index contributed by atoms with van der Waals surface area (Å²) in [6.45, 7) is 11.0. The lowest BCUT2D eigenvalue weighted by Crippen LogP contribution is -2.01. The number of hydrogen-bond acceptors (Lipinski definition) is 2. The van der Waals surface area contributed by atoms with Crippen LogP contribution in [0, 0.1) is 20.8 Å². The van der Waals surface area contributed by atoms with E-state index in [9.17, 15) is 0 Å². The molecule has 0 saturated carbocycles. The van der Waals surface area contributed by atoms with E-state index in [0.717, 1.165) is 22.3 Å². The number of aromatic nitrogens is 3. The van der Waals surface area contributed by atoms with E-state index < -0.39 is 0 Å². The Morgan fingerprint density at radius 3 is 2.33 bits per heavy atom. The van der Waals surface area contributed by atoms with Gasteiger partial charge in [0.05, 0.1) is 16.6 Å². The van der Waals surface area contributed by atoms with E-state index >= 15 is 0 Å². The fraction of sp³-hybridized carbons (Fsp3) is 0.200. The summed E-state index contributed by atoms with van der Waals surface area (Å²) in [6, 6.07) is 22.5. The lowest BCUT2D eigenvalue weighted by Gasteiger charge is -2.12. The second kappa shape index (κ2) is 7.14. The summed E-state index contributed by atoms with van der Waals surface area (Å²) in [4.78, 5) is 9.67. The third-order valence-corrected chi connectivity index (χ3v) is 6.85. The van der Waals surface area contributed by atoms with Gasteiger partial charge in [-0.25, -0.2) is 9.97 Å². The molecule has 0 fully saturated rings. The molecule has 2 heterocycles. The molecule has 162 valence electrons. The molecule has 3 nitrogen and oxygen atoms in total. The molecule has 0 saturated heterocycles. The van der Waals surface area contributed by atoms with Crippen LogP contribution in [-0.2, 0) is 0 Å². The number of rotatable bonds is 2. The molecule has 6 aromatic rings. The van der Waals surface area contributed by atoms with Gasteiger partial charge in [0.1, 0.15) is 12.0 Å². The Kier molecular flexibility index (Phi) is 4.31. The number of hydrogen-bond donors (Lipinski definition) is 0. The largest absolute Gasteiger partial charge is 0.323 e. The van der Waals surface area contributed by atoms with Crippen LogP contribution in [0.25, 0.3) is 54.7 Å². The van der Waals surface area contributed by atoms with E-state index in [1.807, 2.05) is 0 Å². The van der Waals surface area contributed by atoms with Crippen LogP contribution in [0.4, 0.5) is 0 Å². The minimum absolute atomic E-state index is 0.289. The third-order valence-electron chi connectivity index (χ3n) is 6.85. The number of aryl methyl sites for hydroxylation is 3. The van der Waals surface area contributed by atoms with Crippen molar-refractivity contribution in [2.45, 2.75) is 40.7 Å². The molecule has 0 aliphatic rings. The van der Waals surface area contributed by atoms with Crippen molar-refractivity contribution in [2.75, 3.05) is 0 Å². The van der Waals surface area contributed by atoms with Crippen molar-refractivity contribution in [1.82, 2.24) is 14.5 Å². The first-order valence-corrected chi connectivity index (χ1v) is 11.6. The summed E-state index contributed by atoms with van der Waals surface area (Å²) >= 11 is 0. The standard InChI is InChI=1S/C30H27N3/c1-17(2)33-25-11-10-21-8-6-7-9-24(21)27(25)28-29(31-16-32-30(28)33)23-14-20(5)26-19(4)12-18(3)13-22(26)15-23/h6-17H,1-5H3. The molecular weight excluding hydrogens is 402 g/mol. The third kappa shape index (κ3) is 2.88. The van der Waals surface area contributed by atoms with Crippen molar-refractivity contribution < 1.29 is 0 Å². The molecule has 0 amide bonds. The highest BCUT2D eigenvalue weighted by atomic mass is 15.1. The van der Waals surface area contributed by atoms with Gasteiger partial charge in [-0.2, -0.15) is 0 Å². The number of nitrogens with zero attached hydrogens (tertiary/aromatic N) is 3. The van der Waals surface area contributed by atoms with Crippen LogP contribution in [0.15, 0.2) is 67.0 Å². The topological polar surface area (TPSA) is 30.7 Å². The van der Waals surface area contributed by atoms with E-state index in [2.05, 4.69) is 99.8 Å². The van der Waals surface area contributed by atoms with E-state index in [0.29, 0.717) is 0 Å². The van der Waals surface area contributed by atoms with E-state index in [1.165, 1.54) is 49.1 Å². The predicted molar refractivity (Wildman–Crippen MR) is 140 cm³/mol. The van der Waals surface area contributed by atoms with Crippen LogP contribution in [0.3, 0.4) is 0 Å². The van der Waals surface area contributed by atoms with Gasteiger partial charge in [0.25, 0.3) is 0 Å². The minimum Gasteiger partial charge on any atom is -0.323 e. The van der Waals surface area contributed by atoms with Gasteiger partial charge in [0.2, 0.25) is 0 Å². The Balaban J connectivity index is 1.80. The second-order valence-corrected chi connectivity index (χ2v) is 9.54. The fourth-order valence-corrected chi connectivity index (χ4v) is 5.67. The van der Waals surface area contributed by atoms with Gasteiger partial charge >= 0.3 is 0 Å². The van der Waals surface area contributed by atoms with Gasteiger partial charge in [0, 0.05) is 17.0 Å². The van der Waals surface area contributed by atoms with Crippen LogP contribution >= 0.6 is 0 Å². The predicted octanol–water partition coefficient (Wildman–Crippen LogP) is 8.06. The lowest BCUT2D eigenvalue weighted by molar-refractivity contribution is 0.637. The molecule has 0 aliphatic heterocycles. The smallest absolute Gasteiger partial charge is 0.145 e. The maximum absolute atomic E-state index is 4.88. The Hall–Kier alpha value is -3.72. The molecular formula is C30H27N3. The monoisotopic (exact) mass is 429 g/mol. The molecule has 3 heteroatoms. The molecule has 33 heavy (non-hydrogen) atoms. The zero-order chi connectivity index (χ0) is 22.9. The van der Waals surface area contributed by atoms with Gasteiger partial charge in [-0.1, -0.05) is 48.0 Å². The summed E-state index contributed by atoms with van der Waals surface area (Å²) in [5.74, 6) is 0. The molecule has 2 aromatic heterocycles. The molecule has 0 bridgehead atoms. The average Bonchev–Trinajstić information content (AvgIpc) is 3.13. The first-order chi connectivity index (χ1) is 15.9. The Labute approximate surface area is 193 Å². The molecule has 0 unspecified atom stereocenters. The van der Waals surface area contributed by atoms with Gasteiger partial charge in [-0.15, -0.1) is 0 Å². The van der Waals surface area contributed by atoms with Gasteiger partial charge in [-0.3, -0.25) is 0 Å². The van der Waals surface area contributed by atoms with Crippen LogP contribution in [0.5, 0.6) is 0 Å². The molecule has 0 spiro atoms. The minimum atomic E-state index is 0.289. The van der Waals surface area contributed by atoms with Crippen LogP contribution in [0.2, 0.25) is 0 Å². The molecule has 4 aromatic carbocycles. The summed E-state index contributed by atoms with van der Waals surface area (Å²) < 4.78 is 2.35. The van der Waals surface area contributed by atoms with Crippen molar-refractivity contribution in [2.24, 2.45) is 0 Å². The number of benzene rings is 4. The van der Waals surface area contributed by atoms with E-state index in [4.69, 9.17) is 9.97 Å². The van der Waals surface area contributed by atoms with Crippen molar-refractivity contribution in [3.63, 3.8) is 0 Å². The highest BCUT2D eigenvalue weighted by Crippen LogP contribution is 2.41. The highest BCUT2D eigenvalue weighted by molar-refractivity contribution is 6.23. The first-order valence-electron chi connectivity index (χ1n) is 11.6. The zero-order valence-corrected chi connectivity index (χ0v) is 19.8. The average molecular weight is 430 g/mol. The summed E-state index contributed by atoms with van der Waals surface area (Å²) in [6.07, 6.45) is 1.72. The van der Waals surface area contributed by atoms with Crippen molar-refractivity contribution in [3.05, 3.63) is 83.7 Å². The second-order valence-electron chi connectivity index (χ2n) is 9.54. The van der Waals surface area contributed by atoms with E-state index in [1.54, 1.807) is 6.33 Å². The van der Waals surface area contributed by atoms with Gasteiger partial charge in [-0.05, 0) is 85.5 Å². The molecule has 0 N–H and O–H groups in total. The SMILES string of the molecule is Cc1cc(C)c2c(C)cc(-c3ncnc4c3c3c5ccccc5ccc3n4C(C)C)cc2c1. The lowest BCUT2D eigenvalue weighted by atomic mass is 9.94. The number of fused-ring (bicyclic) bond motifs is 6. The quantitative estimate of drug-likeness (QED) is 0.279. The first kappa shape index (κ1) is 19.9. The summed E-state index contributed by atoms with van der Waals surface area (Å²) in [5, 5.41) is 7.48. The van der Waals surface area contributed by atoms with Crippen molar-refractivity contribution >= 4 is 43.5 Å². The Bertz CT molecular complexity index is 1720. The normalized spacial score (nSPS) is 12.1.